The van der Waals surface area contributed by atoms with Gasteiger partial charge in [-0.1, -0.05) is 18.2 Å². The molecule has 0 aliphatic rings. The number of amides is 1. The summed E-state index contributed by atoms with van der Waals surface area (Å²) in [5.74, 6) is 1.04. The van der Waals surface area contributed by atoms with Gasteiger partial charge in [0.05, 0.1) is 19.3 Å². The van der Waals surface area contributed by atoms with Crippen LogP contribution in [0.15, 0.2) is 66.7 Å². The third kappa shape index (κ3) is 4.81. The minimum absolute atomic E-state index is 0.220. The Labute approximate surface area is 177 Å². The molecule has 0 radical (unpaired) electrons. The zero-order valence-electron chi connectivity index (χ0n) is 15.5. The minimum Gasteiger partial charge on any atom is -0.497 e. The molecule has 3 rings (SSSR count). The Morgan fingerprint density at radius 2 is 1.79 bits per heavy atom. The van der Waals surface area contributed by atoms with E-state index in [4.69, 9.17) is 9.47 Å². The Morgan fingerprint density at radius 1 is 1.04 bits per heavy atom. The second-order valence-corrected chi connectivity index (χ2v) is 7.25. The van der Waals surface area contributed by atoms with Gasteiger partial charge >= 0.3 is 0 Å². The van der Waals surface area contributed by atoms with E-state index < -0.39 is 5.82 Å². The van der Waals surface area contributed by atoms with Crippen LogP contribution in [0.1, 0.15) is 12.5 Å². The molecule has 0 atom stereocenters. The topological polar surface area (TPSA) is 38.8 Å². The van der Waals surface area contributed by atoms with E-state index in [2.05, 4.69) is 22.6 Å². The highest BCUT2D eigenvalue weighted by atomic mass is 123. The van der Waals surface area contributed by atoms with Crippen molar-refractivity contribution in [2.75, 3.05) is 12.0 Å². The van der Waals surface area contributed by atoms with Gasteiger partial charge in [-0.25, -0.2) is 4.39 Å². The fraction of sp³-hybridized carbons (Fsp3) is 0.136. The Kier molecular flexibility index (Phi) is 6.51. The van der Waals surface area contributed by atoms with Crippen LogP contribution >= 0.6 is 22.6 Å². The molecule has 0 saturated carbocycles. The van der Waals surface area contributed by atoms with Gasteiger partial charge in [-0.3, -0.25) is 4.79 Å². The van der Waals surface area contributed by atoms with Crippen LogP contribution in [-0.4, -0.2) is 13.0 Å². The van der Waals surface area contributed by atoms with E-state index in [1.807, 2.05) is 36.4 Å². The van der Waals surface area contributed by atoms with Crippen molar-refractivity contribution in [2.45, 2.75) is 13.5 Å². The number of anilines is 1. The fourth-order valence-corrected chi connectivity index (χ4v) is 3.25. The van der Waals surface area contributed by atoms with Crippen molar-refractivity contribution >= 4 is 34.2 Å². The number of hydrogen-bond acceptors (Lipinski definition) is 3. The van der Waals surface area contributed by atoms with Crippen LogP contribution in [0.2, 0.25) is 0 Å². The number of halogens is 2. The summed E-state index contributed by atoms with van der Waals surface area (Å²) in [6.45, 7) is 1.71. The third-order valence-electron chi connectivity index (χ3n) is 4.14. The predicted octanol–water partition coefficient (Wildman–Crippen LogP) is 5.78. The number of benzene rings is 3. The summed E-state index contributed by atoms with van der Waals surface area (Å²) in [7, 11) is 1.59. The lowest BCUT2D eigenvalue weighted by atomic mass is 10.1. The second kappa shape index (κ2) is 9.05. The number of hydrogen-bond donors (Lipinski definition) is 0. The first-order valence-electron chi connectivity index (χ1n) is 8.61. The van der Waals surface area contributed by atoms with Crippen molar-refractivity contribution in [1.82, 2.24) is 0 Å². The van der Waals surface area contributed by atoms with Crippen LogP contribution in [-0.2, 0) is 11.3 Å². The molecule has 4 nitrogen and oxygen atoms in total. The molecule has 0 N–H and O–H groups in total. The van der Waals surface area contributed by atoms with Gasteiger partial charge in [-0.15, -0.1) is 0 Å². The Hall–Kier alpha value is -2.61. The number of ether oxygens (including phenoxy) is 2. The van der Waals surface area contributed by atoms with E-state index in [9.17, 15) is 9.18 Å². The summed E-state index contributed by atoms with van der Waals surface area (Å²) in [4.78, 5) is 13.9. The zero-order chi connectivity index (χ0) is 20.1. The largest absolute Gasteiger partial charge is 0.497 e. The van der Waals surface area contributed by atoms with Crippen LogP contribution in [0, 0.1) is 9.39 Å². The van der Waals surface area contributed by atoms with E-state index in [-0.39, 0.29) is 12.5 Å². The minimum atomic E-state index is -0.443. The SMILES string of the molecule is COc1ccc([123I])c(CN(C(C)=O)c2cc(F)ccc2Oc2ccccc2)c1. The molecule has 0 unspecified atom stereocenters. The van der Waals surface area contributed by atoms with E-state index in [1.165, 1.54) is 30.0 Å². The fourth-order valence-electron chi connectivity index (χ4n) is 2.74. The van der Waals surface area contributed by atoms with Crippen LogP contribution in [0.25, 0.3) is 0 Å². The molecule has 0 aliphatic carbocycles. The highest BCUT2D eigenvalue weighted by Gasteiger charge is 2.20. The predicted molar refractivity (Wildman–Crippen MR) is 115 cm³/mol. The summed E-state index contributed by atoms with van der Waals surface area (Å²) in [5, 5.41) is 0. The van der Waals surface area contributed by atoms with Crippen LogP contribution < -0.4 is 14.4 Å². The first kappa shape index (κ1) is 20.1. The summed E-state index contributed by atoms with van der Waals surface area (Å²) in [5.41, 5.74) is 1.26. The molecule has 0 saturated heterocycles. The van der Waals surface area contributed by atoms with Crippen molar-refractivity contribution in [3.63, 3.8) is 0 Å². The van der Waals surface area contributed by atoms with Crippen molar-refractivity contribution in [2.24, 2.45) is 0 Å². The molecule has 1 amide bonds. The highest BCUT2D eigenvalue weighted by Crippen LogP contribution is 2.35. The molecule has 3 aromatic carbocycles. The van der Waals surface area contributed by atoms with Crippen LogP contribution in [0.3, 0.4) is 0 Å². The zero-order valence-corrected chi connectivity index (χ0v) is 17.6. The molecule has 0 bridgehead atoms. The van der Waals surface area contributed by atoms with Gasteiger partial charge in [0.15, 0.2) is 5.75 Å². The number of nitrogens with zero attached hydrogens (tertiary/aromatic N) is 1. The lowest BCUT2D eigenvalue weighted by molar-refractivity contribution is -0.116. The Morgan fingerprint density at radius 3 is 2.46 bits per heavy atom. The van der Waals surface area contributed by atoms with Crippen LogP contribution in [0.4, 0.5) is 10.1 Å². The third-order valence-corrected chi connectivity index (χ3v) is 5.20. The summed E-state index contributed by atoms with van der Waals surface area (Å²) < 4.78 is 26.2. The van der Waals surface area contributed by atoms with Gasteiger partial charge in [-0.2, -0.15) is 0 Å². The first-order chi connectivity index (χ1) is 13.5. The van der Waals surface area contributed by atoms with Gasteiger partial charge in [0.2, 0.25) is 5.91 Å². The van der Waals surface area contributed by atoms with Gasteiger partial charge < -0.3 is 14.4 Å². The normalized spacial score (nSPS) is 10.4. The molecule has 0 fully saturated rings. The molecule has 0 aromatic heterocycles. The Balaban J connectivity index is 2.00. The molecule has 0 aliphatic heterocycles. The summed E-state index contributed by atoms with van der Waals surface area (Å²) in [6, 6.07) is 19.0. The van der Waals surface area contributed by atoms with Gasteiger partial charge in [0, 0.05) is 16.6 Å². The van der Waals surface area contributed by atoms with E-state index in [1.54, 1.807) is 19.2 Å². The van der Waals surface area contributed by atoms with E-state index >= 15 is 0 Å². The summed E-state index contributed by atoms with van der Waals surface area (Å²) >= 11 is 2.20. The van der Waals surface area contributed by atoms with Crippen molar-refractivity contribution in [3.8, 4) is 17.2 Å². The molecular weight excluding hydrogens is 468 g/mol. The number of carbonyl (C=O) groups excluding carboxylic acids is 1. The van der Waals surface area contributed by atoms with E-state index in [0.717, 1.165) is 9.13 Å². The molecule has 0 spiro atoms. The lowest BCUT2D eigenvalue weighted by Crippen LogP contribution is -2.28. The average molecular weight is 487 g/mol. The molecule has 28 heavy (non-hydrogen) atoms. The Bertz CT molecular complexity index is 979. The molecule has 6 heteroatoms. The average Bonchev–Trinajstić information content (AvgIpc) is 2.69. The smallest absolute Gasteiger partial charge is 0.224 e. The maximum absolute atomic E-state index is 14.0. The lowest BCUT2D eigenvalue weighted by Gasteiger charge is -2.24. The number of para-hydroxylation sites is 1. The highest BCUT2D eigenvalue weighted by molar-refractivity contribution is 14.1. The van der Waals surface area contributed by atoms with Crippen molar-refractivity contribution in [1.29, 1.82) is 0 Å². The van der Waals surface area contributed by atoms with Gasteiger partial charge in [0.25, 0.3) is 0 Å². The van der Waals surface area contributed by atoms with Crippen molar-refractivity contribution in [3.05, 3.63) is 81.7 Å². The summed E-state index contributed by atoms with van der Waals surface area (Å²) in [6.07, 6.45) is 0. The number of carbonyl (C=O) groups is 1. The molecule has 0 heterocycles. The van der Waals surface area contributed by atoms with Crippen molar-refractivity contribution < 1.29 is 18.7 Å². The maximum atomic E-state index is 14.0. The van der Waals surface area contributed by atoms with E-state index in [0.29, 0.717) is 22.9 Å². The monoisotopic (exact) mass is 487 g/mol. The quantitative estimate of drug-likeness (QED) is 0.414. The van der Waals surface area contributed by atoms with Gasteiger partial charge in [0.1, 0.15) is 17.3 Å². The molecular formula is C22H19FINO3. The molecule has 3 aromatic rings. The van der Waals surface area contributed by atoms with Gasteiger partial charge in [-0.05, 0) is 70.6 Å². The number of methoxy groups -OCH3 is 1. The second-order valence-electron chi connectivity index (χ2n) is 6.09. The molecule has 144 valence electrons. The number of rotatable bonds is 6. The standard InChI is InChI=1S/C22H19FINO3/c1-15(26)25(14-16-12-19(27-2)9-10-20(16)24)21-13-17(23)8-11-22(21)28-18-6-4-3-5-7-18/h3-13H,14H2,1-2H3/i24-4. The maximum Gasteiger partial charge on any atom is 0.224 e. The van der Waals surface area contributed by atoms with Crippen LogP contribution in [0.5, 0.6) is 17.2 Å². The first-order valence-corrected chi connectivity index (χ1v) is 9.69.